The van der Waals surface area contributed by atoms with Crippen molar-refractivity contribution < 1.29 is 14.3 Å². The van der Waals surface area contributed by atoms with Gasteiger partial charge in [-0.25, -0.2) is 4.79 Å². The van der Waals surface area contributed by atoms with Crippen LogP contribution in [0.1, 0.15) is 40.5 Å². The van der Waals surface area contributed by atoms with Crippen LogP contribution in [0.3, 0.4) is 0 Å². The number of rotatable bonds is 5. The number of esters is 1. The van der Waals surface area contributed by atoms with Gasteiger partial charge in [0, 0.05) is 30.0 Å². The molecule has 1 N–H and O–H groups in total. The number of nitrogens with one attached hydrogen (secondary N) is 1. The van der Waals surface area contributed by atoms with Crippen LogP contribution in [0.2, 0.25) is 0 Å². The number of carbonyl (C=O) groups is 2. The average Bonchev–Trinajstić information content (AvgIpc) is 3.17. The van der Waals surface area contributed by atoms with Crippen LogP contribution >= 0.6 is 0 Å². The third-order valence-electron chi connectivity index (χ3n) is 4.25. The van der Waals surface area contributed by atoms with Crippen molar-refractivity contribution in [2.24, 2.45) is 0 Å². The molecule has 1 aliphatic heterocycles. The standard InChI is InChI=1S/C20H22N2O3/c1-2-25-20(24)16-5-9-17(10-6-16)21-19(23)15-7-11-18(12-8-15)22-13-3-4-14-22/h5-12H,2-4,13-14H2,1H3,(H,21,23). The predicted molar refractivity (Wildman–Crippen MR) is 98.2 cm³/mol. The van der Waals surface area contributed by atoms with Crippen molar-refractivity contribution in [3.63, 3.8) is 0 Å². The molecule has 1 amide bonds. The summed E-state index contributed by atoms with van der Waals surface area (Å²) in [5.41, 5.74) is 2.88. The number of nitrogens with zero attached hydrogens (tertiary/aromatic N) is 1. The molecule has 130 valence electrons. The van der Waals surface area contributed by atoms with Crippen LogP contribution in [0.4, 0.5) is 11.4 Å². The highest BCUT2D eigenvalue weighted by atomic mass is 16.5. The number of ether oxygens (including phenoxy) is 1. The maximum absolute atomic E-state index is 12.4. The monoisotopic (exact) mass is 338 g/mol. The molecule has 0 saturated carbocycles. The van der Waals surface area contributed by atoms with Gasteiger partial charge in [-0.05, 0) is 68.3 Å². The quantitative estimate of drug-likeness (QED) is 0.844. The number of hydrogen-bond acceptors (Lipinski definition) is 4. The van der Waals surface area contributed by atoms with Gasteiger partial charge in [-0.2, -0.15) is 0 Å². The molecular formula is C20H22N2O3. The van der Waals surface area contributed by atoms with E-state index in [1.807, 2.05) is 24.3 Å². The van der Waals surface area contributed by atoms with Crippen LogP contribution in [0.15, 0.2) is 48.5 Å². The largest absolute Gasteiger partial charge is 0.462 e. The summed E-state index contributed by atoms with van der Waals surface area (Å²) in [5.74, 6) is -0.533. The van der Waals surface area contributed by atoms with E-state index in [1.165, 1.54) is 12.8 Å². The first kappa shape index (κ1) is 17.0. The van der Waals surface area contributed by atoms with E-state index >= 15 is 0 Å². The second-order valence-electron chi connectivity index (χ2n) is 5.99. The Hall–Kier alpha value is -2.82. The number of carbonyl (C=O) groups excluding carboxylic acids is 2. The van der Waals surface area contributed by atoms with Crippen molar-refractivity contribution in [3.8, 4) is 0 Å². The van der Waals surface area contributed by atoms with Gasteiger partial charge in [-0.3, -0.25) is 4.79 Å². The minimum atomic E-state index is -0.363. The van der Waals surface area contributed by atoms with E-state index in [4.69, 9.17) is 4.74 Å². The first-order valence-corrected chi connectivity index (χ1v) is 8.61. The molecule has 1 heterocycles. The highest BCUT2D eigenvalue weighted by molar-refractivity contribution is 6.04. The first-order chi connectivity index (χ1) is 12.2. The number of hydrogen-bond donors (Lipinski definition) is 1. The van der Waals surface area contributed by atoms with Crippen LogP contribution in [-0.2, 0) is 4.74 Å². The van der Waals surface area contributed by atoms with Crippen molar-refractivity contribution in [3.05, 3.63) is 59.7 Å². The summed E-state index contributed by atoms with van der Waals surface area (Å²) in [6, 6.07) is 14.3. The summed E-state index contributed by atoms with van der Waals surface area (Å²) in [4.78, 5) is 26.3. The van der Waals surface area contributed by atoms with Gasteiger partial charge in [0.25, 0.3) is 5.91 Å². The van der Waals surface area contributed by atoms with Crippen LogP contribution in [-0.4, -0.2) is 31.6 Å². The number of amides is 1. The Labute approximate surface area is 147 Å². The minimum Gasteiger partial charge on any atom is -0.462 e. The van der Waals surface area contributed by atoms with E-state index in [2.05, 4.69) is 10.2 Å². The fraction of sp³-hybridized carbons (Fsp3) is 0.300. The van der Waals surface area contributed by atoms with Crippen molar-refractivity contribution in [1.29, 1.82) is 0 Å². The summed E-state index contributed by atoms with van der Waals surface area (Å²) in [6.45, 7) is 4.27. The van der Waals surface area contributed by atoms with E-state index in [0.717, 1.165) is 18.8 Å². The van der Waals surface area contributed by atoms with Gasteiger partial charge in [0.1, 0.15) is 0 Å². The van der Waals surface area contributed by atoms with E-state index in [-0.39, 0.29) is 11.9 Å². The molecule has 0 atom stereocenters. The lowest BCUT2D eigenvalue weighted by Gasteiger charge is -2.17. The fourth-order valence-corrected chi connectivity index (χ4v) is 2.91. The zero-order valence-corrected chi connectivity index (χ0v) is 14.3. The molecule has 0 bridgehead atoms. The molecule has 1 fully saturated rings. The topological polar surface area (TPSA) is 58.6 Å². The normalized spacial score (nSPS) is 13.6. The molecule has 2 aromatic carbocycles. The minimum absolute atomic E-state index is 0.170. The Morgan fingerprint density at radius 2 is 1.56 bits per heavy atom. The third kappa shape index (κ3) is 4.18. The second kappa shape index (κ2) is 7.83. The fourth-order valence-electron chi connectivity index (χ4n) is 2.91. The highest BCUT2D eigenvalue weighted by Crippen LogP contribution is 2.21. The lowest BCUT2D eigenvalue weighted by atomic mass is 10.1. The van der Waals surface area contributed by atoms with Crippen molar-refractivity contribution in [1.82, 2.24) is 0 Å². The molecule has 0 aliphatic carbocycles. The Morgan fingerprint density at radius 3 is 2.16 bits per heavy atom. The van der Waals surface area contributed by atoms with E-state index in [1.54, 1.807) is 31.2 Å². The van der Waals surface area contributed by atoms with E-state index in [9.17, 15) is 9.59 Å². The summed E-state index contributed by atoms with van der Waals surface area (Å²) in [7, 11) is 0. The van der Waals surface area contributed by atoms with E-state index < -0.39 is 0 Å². The van der Waals surface area contributed by atoms with Crippen LogP contribution in [0.25, 0.3) is 0 Å². The van der Waals surface area contributed by atoms with Crippen molar-refractivity contribution in [2.75, 3.05) is 29.9 Å². The third-order valence-corrected chi connectivity index (χ3v) is 4.25. The van der Waals surface area contributed by atoms with Gasteiger partial charge in [0.2, 0.25) is 0 Å². The van der Waals surface area contributed by atoms with Gasteiger partial charge in [0.05, 0.1) is 12.2 Å². The zero-order chi connectivity index (χ0) is 17.6. The van der Waals surface area contributed by atoms with Crippen LogP contribution < -0.4 is 10.2 Å². The Balaban J connectivity index is 1.62. The lowest BCUT2D eigenvalue weighted by molar-refractivity contribution is 0.0526. The highest BCUT2D eigenvalue weighted by Gasteiger charge is 2.13. The molecule has 2 aromatic rings. The Kier molecular flexibility index (Phi) is 5.33. The zero-order valence-electron chi connectivity index (χ0n) is 14.3. The van der Waals surface area contributed by atoms with Gasteiger partial charge in [-0.15, -0.1) is 0 Å². The molecule has 1 aliphatic rings. The maximum Gasteiger partial charge on any atom is 0.338 e. The van der Waals surface area contributed by atoms with Crippen LogP contribution in [0.5, 0.6) is 0 Å². The predicted octanol–water partition coefficient (Wildman–Crippen LogP) is 3.72. The van der Waals surface area contributed by atoms with Gasteiger partial charge in [-0.1, -0.05) is 0 Å². The van der Waals surface area contributed by atoms with Crippen LogP contribution in [0, 0.1) is 0 Å². The molecule has 3 rings (SSSR count). The lowest BCUT2D eigenvalue weighted by Crippen LogP contribution is -2.18. The smallest absolute Gasteiger partial charge is 0.338 e. The molecule has 25 heavy (non-hydrogen) atoms. The maximum atomic E-state index is 12.4. The van der Waals surface area contributed by atoms with Gasteiger partial charge >= 0.3 is 5.97 Å². The second-order valence-corrected chi connectivity index (χ2v) is 5.99. The summed E-state index contributed by atoms with van der Waals surface area (Å²) < 4.78 is 4.94. The molecule has 0 radical (unpaired) electrons. The summed E-state index contributed by atoms with van der Waals surface area (Å²) in [6.07, 6.45) is 2.45. The molecule has 0 unspecified atom stereocenters. The number of anilines is 2. The Bertz CT molecular complexity index is 733. The van der Waals surface area contributed by atoms with Crippen molar-refractivity contribution in [2.45, 2.75) is 19.8 Å². The molecule has 5 nitrogen and oxygen atoms in total. The van der Waals surface area contributed by atoms with Gasteiger partial charge < -0.3 is 15.0 Å². The number of benzene rings is 2. The Morgan fingerprint density at radius 1 is 0.960 bits per heavy atom. The SMILES string of the molecule is CCOC(=O)c1ccc(NC(=O)c2ccc(N3CCCC3)cc2)cc1. The molecule has 0 aromatic heterocycles. The molecule has 1 saturated heterocycles. The van der Waals surface area contributed by atoms with Crippen molar-refractivity contribution >= 4 is 23.3 Å². The average molecular weight is 338 g/mol. The van der Waals surface area contributed by atoms with E-state index in [0.29, 0.717) is 23.4 Å². The van der Waals surface area contributed by atoms with Gasteiger partial charge in [0.15, 0.2) is 0 Å². The summed E-state index contributed by atoms with van der Waals surface area (Å²) >= 11 is 0. The molecule has 0 spiro atoms. The molecule has 5 heteroatoms. The first-order valence-electron chi connectivity index (χ1n) is 8.61. The molecular weight excluding hydrogens is 316 g/mol. The summed E-state index contributed by atoms with van der Waals surface area (Å²) in [5, 5.41) is 2.84.